The number of oxazole rings is 1. The highest BCUT2D eigenvalue weighted by Gasteiger charge is 2.20. The van der Waals surface area contributed by atoms with Gasteiger partial charge in [-0.3, -0.25) is 18.3 Å². The molecular weight excluding hydrogens is 375 g/mol. The number of aryl methyl sites for hydroxylation is 1. The van der Waals surface area contributed by atoms with E-state index in [1.54, 1.807) is 29.8 Å². The topological polar surface area (TPSA) is 74.4 Å². The second kappa shape index (κ2) is 6.30. The van der Waals surface area contributed by atoms with Crippen LogP contribution in [0.1, 0.15) is 5.56 Å². The van der Waals surface area contributed by atoms with Crippen molar-refractivity contribution in [2.24, 2.45) is 7.05 Å². The van der Waals surface area contributed by atoms with E-state index in [2.05, 4.69) is 4.98 Å². The molecule has 144 valence electrons. The van der Waals surface area contributed by atoms with Crippen molar-refractivity contribution in [3.8, 4) is 11.3 Å². The zero-order valence-corrected chi connectivity index (χ0v) is 15.4. The van der Waals surface area contributed by atoms with Crippen molar-refractivity contribution < 1.29 is 8.81 Å². The molecule has 0 saturated heterocycles. The van der Waals surface area contributed by atoms with Crippen molar-refractivity contribution in [3.63, 3.8) is 0 Å². The molecule has 0 amide bonds. The summed E-state index contributed by atoms with van der Waals surface area (Å²) in [6.45, 7) is 0.0261. The monoisotopic (exact) mass is 390 g/mol. The van der Waals surface area contributed by atoms with Gasteiger partial charge in [0.15, 0.2) is 16.9 Å². The first kappa shape index (κ1) is 17.2. The van der Waals surface area contributed by atoms with Crippen molar-refractivity contribution >= 4 is 17.0 Å². The lowest BCUT2D eigenvalue weighted by atomic mass is 10.2. The van der Waals surface area contributed by atoms with Crippen LogP contribution in [0.4, 0.5) is 4.39 Å². The van der Waals surface area contributed by atoms with Gasteiger partial charge in [-0.2, -0.15) is 4.98 Å². The molecule has 29 heavy (non-hydrogen) atoms. The van der Waals surface area contributed by atoms with Crippen LogP contribution in [0, 0.1) is 5.82 Å². The maximum atomic E-state index is 13.2. The summed E-state index contributed by atoms with van der Waals surface area (Å²) in [6.07, 6.45) is 1.69. The second-order valence-corrected chi connectivity index (χ2v) is 6.76. The summed E-state index contributed by atoms with van der Waals surface area (Å²) in [5.41, 5.74) is 0.991. The number of hydrogen-bond acceptors (Lipinski definition) is 4. The number of imidazole rings is 1. The summed E-state index contributed by atoms with van der Waals surface area (Å²) in [4.78, 5) is 30.2. The number of halogens is 1. The minimum Gasteiger partial charge on any atom is -0.423 e. The molecule has 0 aliphatic rings. The van der Waals surface area contributed by atoms with Gasteiger partial charge in [-0.05, 0) is 17.7 Å². The highest BCUT2D eigenvalue weighted by molar-refractivity contribution is 5.76. The van der Waals surface area contributed by atoms with Gasteiger partial charge in [-0.1, -0.05) is 42.5 Å². The molecule has 0 N–H and O–H groups in total. The molecule has 0 unspecified atom stereocenters. The average molecular weight is 390 g/mol. The van der Waals surface area contributed by atoms with Crippen LogP contribution in [-0.2, 0) is 13.6 Å². The Morgan fingerprint density at radius 2 is 1.76 bits per heavy atom. The van der Waals surface area contributed by atoms with Gasteiger partial charge in [-0.15, -0.1) is 0 Å². The molecule has 8 heteroatoms. The minimum atomic E-state index is -0.504. The largest absolute Gasteiger partial charge is 0.423 e. The Labute approximate surface area is 162 Å². The molecule has 0 spiro atoms. The molecule has 0 radical (unpaired) electrons. The molecule has 7 nitrogen and oxygen atoms in total. The lowest BCUT2D eigenvalue weighted by molar-refractivity contribution is 0.610. The van der Waals surface area contributed by atoms with E-state index >= 15 is 0 Å². The van der Waals surface area contributed by atoms with Crippen LogP contribution in [0.3, 0.4) is 0 Å². The highest BCUT2D eigenvalue weighted by atomic mass is 19.1. The summed E-state index contributed by atoms with van der Waals surface area (Å²) >= 11 is 0. The molecule has 0 saturated carbocycles. The van der Waals surface area contributed by atoms with Gasteiger partial charge in [0.25, 0.3) is 5.56 Å². The fourth-order valence-corrected chi connectivity index (χ4v) is 3.40. The molecule has 0 bridgehead atoms. The first-order valence-electron chi connectivity index (χ1n) is 8.94. The summed E-state index contributed by atoms with van der Waals surface area (Å²) < 4.78 is 23.0. The van der Waals surface area contributed by atoms with E-state index in [4.69, 9.17) is 4.42 Å². The van der Waals surface area contributed by atoms with Crippen molar-refractivity contribution in [3.05, 3.63) is 93.0 Å². The van der Waals surface area contributed by atoms with Gasteiger partial charge in [0.2, 0.25) is 0 Å². The third-order valence-corrected chi connectivity index (χ3v) is 4.90. The number of nitrogens with zero attached hydrogens (tertiary/aromatic N) is 4. The second-order valence-electron chi connectivity index (χ2n) is 6.76. The predicted octanol–water partition coefficient (Wildman–Crippen LogP) is 2.80. The Hall–Kier alpha value is -3.94. The molecule has 5 aromatic rings. The Kier molecular flexibility index (Phi) is 3.73. The SMILES string of the molecule is Cn1c(=O)n(Cc2ccc(F)cc2)c(=O)c2c1nc1oc(-c3ccccc3)cn12. The minimum absolute atomic E-state index is 0.0261. The van der Waals surface area contributed by atoms with E-state index in [0.29, 0.717) is 11.3 Å². The fraction of sp³-hybridized carbons (Fsp3) is 0.0952. The predicted molar refractivity (Wildman–Crippen MR) is 105 cm³/mol. The van der Waals surface area contributed by atoms with Crippen LogP contribution >= 0.6 is 0 Å². The van der Waals surface area contributed by atoms with Gasteiger partial charge >= 0.3 is 11.5 Å². The average Bonchev–Trinajstić information content (AvgIpc) is 3.30. The molecule has 5 rings (SSSR count). The number of benzene rings is 2. The number of rotatable bonds is 3. The fourth-order valence-electron chi connectivity index (χ4n) is 3.40. The third-order valence-electron chi connectivity index (χ3n) is 4.90. The molecule has 3 aromatic heterocycles. The van der Waals surface area contributed by atoms with Crippen LogP contribution in [0.2, 0.25) is 0 Å². The Morgan fingerprint density at radius 3 is 2.48 bits per heavy atom. The van der Waals surface area contributed by atoms with E-state index in [1.807, 2.05) is 30.3 Å². The summed E-state index contributed by atoms with van der Waals surface area (Å²) in [7, 11) is 1.55. The van der Waals surface area contributed by atoms with Crippen LogP contribution in [0.15, 0.2) is 74.8 Å². The van der Waals surface area contributed by atoms with Gasteiger partial charge in [-0.25, -0.2) is 9.18 Å². The van der Waals surface area contributed by atoms with E-state index in [1.165, 1.54) is 16.7 Å². The zero-order chi connectivity index (χ0) is 20.1. The summed E-state index contributed by atoms with van der Waals surface area (Å²) in [5.74, 6) is 0.410. The standard InChI is InChI=1S/C21H15FN4O3/c1-24-18-17(19(27)26(21(24)28)11-13-7-9-15(22)10-8-13)25-12-16(29-20(25)23-18)14-5-3-2-4-6-14/h2-10,12H,11H2,1H3. The van der Waals surface area contributed by atoms with Gasteiger partial charge < -0.3 is 4.42 Å². The lowest BCUT2D eigenvalue weighted by Gasteiger charge is -2.08. The normalized spacial score (nSPS) is 11.5. The van der Waals surface area contributed by atoms with Crippen molar-refractivity contribution in [1.82, 2.24) is 18.5 Å². The first-order chi connectivity index (χ1) is 14.0. The zero-order valence-electron chi connectivity index (χ0n) is 15.4. The Balaban J connectivity index is 1.73. The van der Waals surface area contributed by atoms with Crippen LogP contribution < -0.4 is 11.2 Å². The summed E-state index contributed by atoms with van der Waals surface area (Å²) in [5, 5.41) is 0. The van der Waals surface area contributed by atoms with Gasteiger partial charge in [0, 0.05) is 12.6 Å². The maximum absolute atomic E-state index is 13.2. The van der Waals surface area contributed by atoms with Gasteiger partial charge in [0.1, 0.15) is 5.82 Å². The Morgan fingerprint density at radius 1 is 1.03 bits per heavy atom. The van der Waals surface area contributed by atoms with Gasteiger partial charge in [0.05, 0.1) is 12.7 Å². The molecule has 0 fully saturated rings. The number of fused-ring (bicyclic) bond motifs is 3. The molecular formula is C21H15FN4O3. The van der Waals surface area contributed by atoms with Crippen molar-refractivity contribution in [1.29, 1.82) is 0 Å². The molecule has 0 atom stereocenters. The quantitative estimate of drug-likeness (QED) is 0.475. The lowest BCUT2D eigenvalue weighted by Crippen LogP contribution is -2.39. The van der Waals surface area contributed by atoms with Crippen molar-refractivity contribution in [2.45, 2.75) is 6.54 Å². The molecule has 2 aromatic carbocycles. The number of aromatic nitrogens is 4. The van der Waals surface area contributed by atoms with Crippen molar-refractivity contribution in [2.75, 3.05) is 0 Å². The van der Waals surface area contributed by atoms with Crippen LogP contribution in [0.5, 0.6) is 0 Å². The molecule has 3 heterocycles. The van der Waals surface area contributed by atoms with Crippen LogP contribution in [0.25, 0.3) is 28.3 Å². The summed E-state index contributed by atoms with van der Waals surface area (Å²) in [6, 6.07) is 15.1. The Bertz CT molecular complexity index is 1470. The van der Waals surface area contributed by atoms with E-state index in [9.17, 15) is 14.0 Å². The molecule has 0 aliphatic carbocycles. The number of hydrogen-bond donors (Lipinski definition) is 0. The van der Waals surface area contributed by atoms with E-state index in [0.717, 1.165) is 10.1 Å². The highest BCUT2D eigenvalue weighted by Crippen LogP contribution is 2.24. The van der Waals surface area contributed by atoms with E-state index < -0.39 is 11.2 Å². The first-order valence-corrected chi connectivity index (χ1v) is 8.94. The maximum Gasteiger partial charge on any atom is 0.332 e. The van der Waals surface area contributed by atoms with E-state index in [-0.39, 0.29) is 29.4 Å². The molecule has 0 aliphatic heterocycles. The van der Waals surface area contributed by atoms with Crippen LogP contribution in [-0.4, -0.2) is 18.5 Å². The third kappa shape index (κ3) is 2.68. The smallest absolute Gasteiger partial charge is 0.332 e.